The molecule has 94 valence electrons. The van der Waals surface area contributed by atoms with Gasteiger partial charge in [-0.15, -0.1) is 0 Å². The van der Waals surface area contributed by atoms with Crippen LogP contribution in [0.4, 0.5) is 0 Å². The summed E-state index contributed by atoms with van der Waals surface area (Å²) in [5.41, 5.74) is 1.81. The van der Waals surface area contributed by atoms with E-state index in [1.165, 1.54) is 0 Å². The van der Waals surface area contributed by atoms with E-state index in [2.05, 4.69) is 29.8 Å². The third-order valence-corrected chi connectivity index (χ3v) is 3.61. The lowest BCUT2D eigenvalue weighted by Gasteiger charge is -2.24. The van der Waals surface area contributed by atoms with Gasteiger partial charge in [0.15, 0.2) is 0 Å². The average Bonchev–Trinajstić information content (AvgIpc) is 2.28. The van der Waals surface area contributed by atoms with Crippen molar-refractivity contribution in [3.63, 3.8) is 0 Å². The molecule has 0 aromatic heterocycles. The second kappa shape index (κ2) is 6.20. The number of hydrogen-bond acceptors (Lipinski definition) is 1. The van der Waals surface area contributed by atoms with Gasteiger partial charge in [0.1, 0.15) is 0 Å². The zero-order valence-corrected chi connectivity index (χ0v) is 12.5. The van der Waals surface area contributed by atoms with Gasteiger partial charge in [-0.2, -0.15) is 0 Å². The van der Waals surface area contributed by atoms with Gasteiger partial charge in [0, 0.05) is 23.1 Å². The van der Waals surface area contributed by atoms with Crippen LogP contribution in [0.1, 0.15) is 36.7 Å². The van der Waals surface area contributed by atoms with Crippen LogP contribution in [0.25, 0.3) is 0 Å². The van der Waals surface area contributed by atoms with Crippen molar-refractivity contribution in [2.24, 2.45) is 5.92 Å². The van der Waals surface area contributed by atoms with Crippen LogP contribution in [-0.4, -0.2) is 23.9 Å². The smallest absolute Gasteiger partial charge is 0.254 e. The fourth-order valence-electron chi connectivity index (χ4n) is 1.81. The van der Waals surface area contributed by atoms with E-state index in [9.17, 15) is 4.79 Å². The highest BCUT2D eigenvalue weighted by Crippen LogP contribution is 2.21. The number of carbonyl (C=O) groups is 1. The molecule has 17 heavy (non-hydrogen) atoms. The molecular weight excluding hydrogens is 278 g/mol. The first kappa shape index (κ1) is 14.2. The van der Waals surface area contributed by atoms with E-state index in [1.54, 1.807) is 0 Å². The van der Waals surface area contributed by atoms with Crippen LogP contribution in [0, 0.1) is 12.8 Å². The summed E-state index contributed by atoms with van der Waals surface area (Å²) >= 11 is 3.47. The molecule has 0 heterocycles. The lowest BCUT2D eigenvalue weighted by atomic mass is 10.1. The monoisotopic (exact) mass is 297 g/mol. The Hall–Kier alpha value is -0.830. The molecule has 1 aromatic rings. The van der Waals surface area contributed by atoms with E-state index in [0.717, 1.165) is 28.7 Å². The third-order valence-electron chi connectivity index (χ3n) is 2.75. The first-order valence-electron chi connectivity index (χ1n) is 6.01. The minimum Gasteiger partial charge on any atom is -0.339 e. The molecule has 0 aliphatic rings. The van der Waals surface area contributed by atoms with Crippen LogP contribution < -0.4 is 0 Å². The zero-order chi connectivity index (χ0) is 13.0. The van der Waals surface area contributed by atoms with Gasteiger partial charge in [-0.05, 0) is 37.5 Å². The number of carbonyl (C=O) groups excluding carboxylic acids is 1. The van der Waals surface area contributed by atoms with Crippen molar-refractivity contribution in [1.82, 2.24) is 4.90 Å². The summed E-state index contributed by atoms with van der Waals surface area (Å²) < 4.78 is 0.990. The Morgan fingerprint density at radius 2 is 2.06 bits per heavy atom. The van der Waals surface area contributed by atoms with Crippen LogP contribution in [0.3, 0.4) is 0 Å². The van der Waals surface area contributed by atoms with E-state index < -0.39 is 0 Å². The minimum atomic E-state index is 0.125. The lowest BCUT2D eigenvalue weighted by Crippen LogP contribution is -2.34. The van der Waals surface area contributed by atoms with Gasteiger partial charge in [0.2, 0.25) is 0 Å². The predicted molar refractivity (Wildman–Crippen MR) is 75.3 cm³/mol. The number of amides is 1. The van der Waals surface area contributed by atoms with Crippen LogP contribution in [-0.2, 0) is 0 Å². The second-order valence-electron chi connectivity index (χ2n) is 4.65. The van der Waals surface area contributed by atoms with Crippen LogP contribution in [0.5, 0.6) is 0 Å². The van der Waals surface area contributed by atoms with Crippen molar-refractivity contribution in [3.05, 3.63) is 33.8 Å². The van der Waals surface area contributed by atoms with E-state index >= 15 is 0 Å². The Bertz CT molecular complexity index is 401. The van der Waals surface area contributed by atoms with Gasteiger partial charge < -0.3 is 4.90 Å². The van der Waals surface area contributed by atoms with E-state index in [0.29, 0.717) is 5.92 Å². The first-order valence-corrected chi connectivity index (χ1v) is 6.81. The summed E-state index contributed by atoms with van der Waals surface area (Å²) in [6.07, 6.45) is 0. The molecule has 1 aromatic carbocycles. The van der Waals surface area contributed by atoms with Crippen LogP contribution in [0.2, 0.25) is 0 Å². The molecule has 2 nitrogen and oxygen atoms in total. The molecule has 0 N–H and O–H groups in total. The summed E-state index contributed by atoms with van der Waals surface area (Å²) in [7, 11) is 0. The Morgan fingerprint density at radius 3 is 2.59 bits per heavy atom. The van der Waals surface area contributed by atoms with Crippen LogP contribution in [0.15, 0.2) is 22.7 Å². The SMILES string of the molecule is CCN(CC(C)C)C(=O)c1cccc(Br)c1C. The maximum absolute atomic E-state index is 12.4. The lowest BCUT2D eigenvalue weighted by molar-refractivity contribution is 0.0745. The maximum atomic E-state index is 12.4. The molecule has 0 bridgehead atoms. The topological polar surface area (TPSA) is 20.3 Å². The molecule has 0 unspecified atom stereocenters. The maximum Gasteiger partial charge on any atom is 0.254 e. The van der Waals surface area contributed by atoms with Gasteiger partial charge in [-0.3, -0.25) is 4.79 Å². The van der Waals surface area contributed by atoms with Gasteiger partial charge in [0.05, 0.1) is 0 Å². The Kier molecular flexibility index (Phi) is 5.19. The largest absolute Gasteiger partial charge is 0.339 e. The number of nitrogens with zero attached hydrogens (tertiary/aromatic N) is 1. The van der Waals surface area contributed by atoms with Crippen molar-refractivity contribution in [2.75, 3.05) is 13.1 Å². The highest BCUT2D eigenvalue weighted by Gasteiger charge is 2.17. The van der Waals surface area contributed by atoms with Crippen LogP contribution >= 0.6 is 15.9 Å². The number of halogens is 1. The fourth-order valence-corrected chi connectivity index (χ4v) is 2.17. The molecule has 0 saturated heterocycles. The quantitative estimate of drug-likeness (QED) is 0.826. The molecular formula is C14H20BrNO. The number of hydrogen-bond donors (Lipinski definition) is 0. The molecule has 1 rings (SSSR count). The van der Waals surface area contributed by atoms with E-state index in [4.69, 9.17) is 0 Å². The molecule has 0 aliphatic heterocycles. The fraction of sp³-hybridized carbons (Fsp3) is 0.500. The number of rotatable bonds is 4. The van der Waals surface area contributed by atoms with Crippen molar-refractivity contribution < 1.29 is 4.79 Å². The Balaban J connectivity index is 2.98. The Morgan fingerprint density at radius 1 is 1.41 bits per heavy atom. The predicted octanol–water partition coefficient (Wildman–Crippen LogP) is 3.88. The van der Waals surface area contributed by atoms with Gasteiger partial charge in [-0.25, -0.2) is 0 Å². The van der Waals surface area contributed by atoms with Crippen molar-refractivity contribution in [2.45, 2.75) is 27.7 Å². The summed E-state index contributed by atoms with van der Waals surface area (Å²) in [6.45, 7) is 9.81. The molecule has 0 fully saturated rings. The summed E-state index contributed by atoms with van der Waals surface area (Å²) in [5, 5.41) is 0. The summed E-state index contributed by atoms with van der Waals surface area (Å²) in [5.74, 6) is 0.617. The van der Waals surface area contributed by atoms with Gasteiger partial charge in [0.25, 0.3) is 5.91 Å². The molecule has 0 aliphatic carbocycles. The average molecular weight is 298 g/mol. The molecule has 0 spiro atoms. The summed E-state index contributed by atoms with van der Waals surface area (Å²) in [6, 6.07) is 5.77. The van der Waals surface area contributed by atoms with Crippen molar-refractivity contribution in [3.8, 4) is 0 Å². The third kappa shape index (κ3) is 3.56. The molecule has 3 heteroatoms. The van der Waals surface area contributed by atoms with E-state index in [-0.39, 0.29) is 5.91 Å². The zero-order valence-electron chi connectivity index (χ0n) is 11.0. The standard InChI is InChI=1S/C14H20BrNO/c1-5-16(9-10(2)3)14(17)12-7-6-8-13(15)11(12)4/h6-8,10H,5,9H2,1-4H3. The molecule has 0 radical (unpaired) electrons. The summed E-state index contributed by atoms with van der Waals surface area (Å²) in [4.78, 5) is 14.3. The molecule has 0 saturated carbocycles. The second-order valence-corrected chi connectivity index (χ2v) is 5.50. The minimum absolute atomic E-state index is 0.125. The highest BCUT2D eigenvalue weighted by molar-refractivity contribution is 9.10. The normalized spacial score (nSPS) is 10.7. The van der Waals surface area contributed by atoms with Crippen molar-refractivity contribution in [1.29, 1.82) is 0 Å². The van der Waals surface area contributed by atoms with E-state index in [1.807, 2.05) is 36.9 Å². The van der Waals surface area contributed by atoms with Gasteiger partial charge >= 0.3 is 0 Å². The first-order chi connectivity index (χ1) is 7.97. The Labute approximate surface area is 112 Å². The van der Waals surface area contributed by atoms with Gasteiger partial charge in [-0.1, -0.05) is 35.8 Å². The molecule has 1 amide bonds. The highest BCUT2D eigenvalue weighted by atomic mass is 79.9. The van der Waals surface area contributed by atoms with Crippen molar-refractivity contribution >= 4 is 21.8 Å². The number of benzene rings is 1. The molecule has 0 atom stereocenters.